The molecule has 1 aromatic heterocycles. The summed E-state index contributed by atoms with van der Waals surface area (Å²) in [6.45, 7) is 6.56. The van der Waals surface area contributed by atoms with E-state index in [1.165, 1.54) is 0 Å². The molecule has 5 nitrogen and oxygen atoms in total. The van der Waals surface area contributed by atoms with Crippen molar-refractivity contribution in [2.45, 2.75) is 27.2 Å². The molecule has 0 spiro atoms. The maximum absolute atomic E-state index is 12.2. The first-order valence-corrected chi connectivity index (χ1v) is 9.69. The Kier molecular flexibility index (Phi) is 6.27. The Bertz CT molecular complexity index is 1060. The van der Waals surface area contributed by atoms with E-state index in [9.17, 15) is 4.79 Å². The van der Waals surface area contributed by atoms with E-state index in [-0.39, 0.29) is 5.91 Å². The number of nitrogens with one attached hydrogen (secondary N) is 1. The van der Waals surface area contributed by atoms with Gasteiger partial charge in [-0.2, -0.15) is 0 Å². The number of rotatable bonds is 7. The lowest BCUT2D eigenvalue weighted by molar-refractivity contribution is -0.116. The van der Waals surface area contributed by atoms with E-state index in [1.807, 2.05) is 51.1 Å². The van der Waals surface area contributed by atoms with Crippen molar-refractivity contribution in [1.29, 1.82) is 0 Å². The van der Waals surface area contributed by atoms with E-state index < -0.39 is 0 Å². The molecule has 0 atom stereocenters. The highest BCUT2D eigenvalue weighted by Gasteiger charge is 2.19. The van der Waals surface area contributed by atoms with Gasteiger partial charge in [-0.1, -0.05) is 19.1 Å². The Morgan fingerprint density at radius 2 is 2.00 bits per heavy atom. The highest BCUT2D eigenvalue weighted by Crippen LogP contribution is 2.41. The standard InChI is InChI=1S/C24H27NO4/c1-6-10-25-22(26)11-15(2)19-13-20-21(17-8-7-9-18(12-17)27-4)14-29-24(20)16(3)23(19)28-5/h7-9,11-14H,6,10H2,1-5H3,(H,25,26)/b15-11+. The number of methoxy groups -OCH3 is 2. The lowest BCUT2D eigenvalue weighted by atomic mass is 9.96. The minimum absolute atomic E-state index is 0.107. The lowest BCUT2D eigenvalue weighted by Gasteiger charge is -2.13. The maximum Gasteiger partial charge on any atom is 0.244 e. The molecule has 3 aromatic rings. The quantitative estimate of drug-likeness (QED) is 0.549. The first-order chi connectivity index (χ1) is 14.0. The zero-order chi connectivity index (χ0) is 21.0. The largest absolute Gasteiger partial charge is 0.497 e. The van der Waals surface area contributed by atoms with Crippen LogP contribution in [0.25, 0.3) is 27.7 Å². The van der Waals surface area contributed by atoms with Crippen molar-refractivity contribution < 1.29 is 18.7 Å². The first kappa shape index (κ1) is 20.5. The molecule has 1 amide bonds. The fourth-order valence-electron chi connectivity index (χ4n) is 3.46. The van der Waals surface area contributed by atoms with Gasteiger partial charge in [-0.05, 0) is 49.6 Å². The molecule has 2 aromatic carbocycles. The van der Waals surface area contributed by atoms with Gasteiger partial charge in [0.25, 0.3) is 0 Å². The molecular weight excluding hydrogens is 366 g/mol. The predicted octanol–water partition coefficient (Wildman–Crippen LogP) is 5.35. The minimum Gasteiger partial charge on any atom is -0.497 e. The molecule has 0 fully saturated rings. The molecule has 0 aliphatic carbocycles. The molecule has 0 radical (unpaired) electrons. The molecule has 152 valence electrons. The summed E-state index contributed by atoms with van der Waals surface area (Å²) in [5, 5.41) is 3.84. The molecule has 1 N–H and O–H groups in total. The van der Waals surface area contributed by atoms with Gasteiger partial charge in [0.1, 0.15) is 17.1 Å². The first-order valence-electron chi connectivity index (χ1n) is 9.69. The Labute approximate surface area is 171 Å². The van der Waals surface area contributed by atoms with Crippen molar-refractivity contribution in [3.63, 3.8) is 0 Å². The SMILES string of the molecule is CCCNC(=O)/C=C(\C)c1cc2c(-c3cccc(OC)c3)coc2c(C)c1OC. The number of ether oxygens (including phenoxy) is 2. The highest BCUT2D eigenvalue weighted by molar-refractivity contribution is 6.01. The smallest absolute Gasteiger partial charge is 0.244 e. The number of allylic oxidation sites excluding steroid dienone is 1. The average molecular weight is 393 g/mol. The predicted molar refractivity (Wildman–Crippen MR) is 116 cm³/mol. The van der Waals surface area contributed by atoms with Crippen molar-refractivity contribution in [3.8, 4) is 22.6 Å². The Morgan fingerprint density at radius 1 is 1.21 bits per heavy atom. The van der Waals surface area contributed by atoms with E-state index in [4.69, 9.17) is 13.9 Å². The van der Waals surface area contributed by atoms with Gasteiger partial charge in [-0.3, -0.25) is 4.79 Å². The van der Waals surface area contributed by atoms with Crippen molar-refractivity contribution in [3.05, 3.63) is 53.8 Å². The maximum atomic E-state index is 12.2. The van der Waals surface area contributed by atoms with Crippen LogP contribution in [0.1, 0.15) is 31.4 Å². The van der Waals surface area contributed by atoms with Crippen LogP contribution in [0.3, 0.4) is 0 Å². The van der Waals surface area contributed by atoms with Crippen LogP contribution in [0.4, 0.5) is 0 Å². The number of benzene rings is 2. The molecule has 0 aliphatic heterocycles. The van der Waals surface area contributed by atoms with Gasteiger partial charge < -0.3 is 19.2 Å². The molecule has 5 heteroatoms. The van der Waals surface area contributed by atoms with Crippen molar-refractivity contribution in [2.75, 3.05) is 20.8 Å². The molecule has 29 heavy (non-hydrogen) atoms. The second kappa shape index (κ2) is 8.86. The highest BCUT2D eigenvalue weighted by atomic mass is 16.5. The van der Waals surface area contributed by atoms with Crippen LogP contribution >= 0.6 is 0 Å². The zero-order valence-electron chi connectivity index (χ0n) is 17.6. The Hall–Kier alpha value is -3.21. The third-order valence-corrected chi connectivity index (χ3v) is 4.95. The van der Waals surface area contributed by atoms with Gasteiger partial charge in [0.05, 0.1) is 20.5 Å². The van der Waals surface area contributed by atoms with Crippen LogP contribution in [0.5, 0.6) is 11.5 Å². The fraction of sp³-hybridized carbons (Fsp3) is 0.292. The Morgan fingerprint density at radius 3 is 2.69 bits per heavy atom. The van der Waals surface area contributed by atoms with Gasteiger partial charge in [0.15, 0.2) is 0 Å². The number of amides is 1. The van der Waals surface area contributed by atoms with E-state index in [1.54, 1.807) is 26.6 Å². The molecule has 0 aliphatic rings. The summed E-state index contributed by atoms with van der Waals surface area (Å²) in [7, 11) is 3.28. The van der Waals surface area contributed by atoms with Gasteiger partial charge >= 0.3 is 0 Å². The van der Waals surface area contributed by atoms with Crippen LogP contribution in [0, 0.1) is 6.92 Å². The number of fused-ring (bicyclic) bond motifs is 1. The molecule has 0 saturated heterocycles. The van der Waals surface area contributed by atoms with E-state index >= 15 is 0 Å². The summed E-state index contributed by atoms with van der Waals surface area (Å²) in [4.78, 5) is 12.2. The van der Waals surface area contributed by atoms with Crippen molar-refractivity contribution >= 4 is 22.4 Å². The zero-order valence-corrected chi connectivity index (χ0v) is 17.6. The van der Waals surface area contributed by atoms with E-state index in [0.717, 1.165) is 51.0 Å². The Balaban J connectivity index is 2.15. The number of carbonyl (C=O) groups is 1. The third kappa shape index (κ3) is 4.14. The molecule has 0 unspecified atom stereocenters. The summed E-state index contributed by atoms with van der Waals surface area (Å²) in [5.74, 6) is 1.39. The third-order valence-electron chi connectivity index (χ3n) is 4.95. The molecular formula is C24H27NO4. The number of carbonyl (C=O) groups excluding carboxylic acids is 1. The number of hydrogen-bond acceptors (Lipinski definition) is 4. The summed E-state index contributed by atoms with van der Waals surface area (Å²) >= 11 is 0. The normalized spacial score (nSPS) is 11.6. The van der Waals surface area contributed by atoms with Crippen LogP contribution in [0.15, 0.2) is 47.1 Å². The summed E-state index contributed by atoms with van der Waals surface area (Å²) in [6, 6.07) is 9.89. The molecule has 1 heterocycles. The lowest BCUT2D eigenvalue weighted by Crippen LogP contribution is -2.21. The summed E-state index contributed by atoms with van der Waals surface area (Å²) < 4.78 is 16.9. The van der Waals surface area contributed by atoms with Crippen LogP contribution in [-0.2, 0) is 4.79 Å². The second-order valence-corrected chi connectivity index (χ2v) is 6.96. The van der Waals surface area contributed by atoms with Gasteiger partial charge in [0, 0.05) is 34.7 Å². The van der Waals surface area contributed by atoms with Crippen molar-refractivity contribution in [2.24, 2.45) is 0 Å². The van der Waals surface area contributed by atoms with E-state index in [2.05, 4.69) is 5.32 Å². The number of furan rings is 1. The average Bonchev–Trinajstić information content (AvgIpc) is 3.16. The summed E-state index contributed by atoms with van der Waals surface area (Å²) in [6.07, 6.45) is 4.26. The molecule has 0 saturated carbocycles. The van der Waals surface area contributed by atoms with Crippen LogP contribution in [-0.4, -0.2) is 26.7 Å². The van der Waals surface area contributed by atoms with Crippen LogP contribution in [0.2, 0.25) is 0 Å². The molecule has 0 bridgehead atoms. The molecule has 3 rings (SSSR count). The number of hydrogen-bond donors (Lipinski definition) is 1. The number of aryl methyl sites for hydroxylation is 1. The fourth-order valence-corrected chi connectivity index (χ4v) is 3.46. The topological polar surface area (TPSA) is 60.7 Å². The van der Waals surface area contributed by atoms with Crippen molar-refractivity contribution in [1.82, 2.24) is 5.32 Å². The second-order valence-electron chi connectivity index (χ2n) is 6.96. The van der Waals surface area contributed by atoms with E-state index in [0.29, 0.717) is 12.3 Å². The minimum atomic E-state index is -0.107. The van der Waals surface area contributed by atoms with Gasteiger partial charge in [0.2, 0.25) is 5.91 Å². The summed E-state index contributed by atoms with van der Waals surface area (Å²) in [5.41, 5.74) is 5.34. The monoisotopic (exact) mass is 393 g/mol. The van der Waals surface area contributed by atoms with Crippen LogP contribution < -0.4 is 14.8 Å². The van der Waals surface area contributed by atoms with Gasteiger partial charge in [-0.15, -0.1) is 0 Å². The van der Waals surface area contributed by atoms with Gasteiger partial charge in [-0.25, -0.2) is 0 Å².